The molecule has 0 saturated heterocycles. The van der Waals surface area contributed by atoms with Gasteiger partial charge in [-0.25, -0.2) is 14.4 Å². The highest BCUT2D eigenvalue weighted by atomic mass is 19.1. The lowest BCUT2D eigenvalue weighted by Gasteiger charge is -2.04. The number of benzene rings is 1. The summed E-state index contributed by atoms with van der Waals surface area (Å²) in [4.78, 5) is 7.64. The topological polar surface area (TPSA) is 61.6 Å². The molecule has 78 valence electrons. The van der Waals surface area contributed by atoms with E-state index in [1.807, 2.05) is 6.07 Å². The second kappa shape index (κ2) is 4.36. The van der Waals surface area contributed by atoms with Crippen LogP contribution in [0.1, 0.15) is 5.82 Å². The first-order valence-electron chi connectivity index (χ1n) is 4.53. The van der Waals surface area contributed by atoms with Crippen molar-refractivity contribution in [3.8, 4) is 6.07 Å². The number of hydrogen-bond acceptors (Lipinski definition) is 4. The van der Waals surface area contributed by atoms with Gasteiger partial charge >= 0.3 is 0 Å². The molecular weight excluding hydrogens is 207 g/mol. The normalized spacial score (nSPS) is 9.50. The fourth-order valence-electron chi connectivity index (χ4n) is 1.20. The fraction of sp³-hybridized carbons (Fsp3) is 0. The zero-order chi connectivity index (χ0) is 11.4. The van der Waals surface area contributed by atoms with Crippen LogP contribution in [0.5, 0.6) is 0 Å². The van der Waals surface area contributed by atoms with E-state index < -0.39 is 0 Å². The van der Waals surface area contributed by atoms with Crippen molar-refractivity contribution in [3.63, 3.8) is 0 Å². The molecule has 0 spiro atoms. The lowest BCUT2D eigenvalue weighted by Crippen LogP contribution is -1.96. The quantitative estimate of drug-likeness (QED) is 0.832. The first-order valence-corrected chi connectivity index (χ1v) is 4.53. The second-order valence-electron chi connectivity index (χ2n) is 3.01. The first kappa shape index (κ1) is 10.1. The molecule has 1 heterocycles. The zero-order valence-corrected chi connectivity index (χ0v) is 8.18. The molecule has 1 aromatic heterocycles. The highest BCUT2D eigenvalue weighted by molar-refractivity contribution is 5.55. The van der Waals surface area contributed by atoms with Gasteiger partial charge in [0.2, 0.25) is 5.82 Å². The number of hydrogen-bond donors (Lipinski definition) is 1. The van der Waals surface area contributed by atoms with Crippen LogP contribution in [-0.4, -0.2) is 9.97 Å². The minimum Gasteiger partial charge on any atom is -0.340 e. The minimum absolute atomic E-state index is 0.0707. The summed E-state index contributed by atoms with van der Waals surface area (Å²) in [6.07, 6.45) is 1.47. The van der Waals surface area contributed by atoms with E-state index in [2.05, 4.69) is 15.3 Å². The van der Waals surface area contributed by atoms with Crippen molar-refractivity contribution < 1.29 is 4.39 Å². The van der Waals surface area contributed by atoms with Crippen LogP contribution < -0.4 is 5.32 Å². The maximum Gasteiger partial charge on any atom is 0.234 e. The Bertz CT molecular complexity index is 548. The van der Waals surface area contributed by atoms with Gasteiger partial charge in [0.1, 0.15) is 17.7 Å². The fourth-order valence-corrected chi connectivity index (χ4v) is 1.20. The van der Waals surface area contributed by atoms with Crippen LogP contribution in [0.2, 0.25) is 0 Å². The Balaban J connectivity index is 2.24. The lowest BCUT2D eigenvalue weighted by molar-refractivity contribution is 0.628. The zero-order valence-electron chi connectivity index (χ0n) is 8.18. The summed E-state index contributed by atoms with van der Waals surface area (Å²) in [6, 6.07) is 9.42. The Hall–Kier alpha value is -2.48. The molecular formula is C11H7FN4. The summed E-state index contributed by atoms with van der Waals surface area (Å²) in [5, 5.41) is 11.5. The second-order valence-corrected chi connectivity index (χ2v) is 3.01. The molecule has 2 aromatic rings. The van der Waals surface area contributed by atoms with E-state index >= 15 is 0 Å². The van der Waals surface area contributed by atoms with Crippen molar-refractivity contribution >= 4 is 11.5 Å². The average molecular weight is 214 g/mol. The summed E-state index contributed by atoms with van der Waals surface area (Å²) < 4.78 is 12.9. The monoisotopic (exact) mass is 214 g/mol. The van der Waals surface area contributed by atoms with Crippen molar-refractivity contribution in [1.82, 2.24) is 9.97 Å². The third kappa shape index (κ3) is 2.30. The standard InChI is InChI=1S/C11H7FN4/c12-8-2-1-3-9(6-8)15-10-4-5-14-11(7-13)16-10/h1-6H,(H,14,15,16). The largest absolute Gasteiger partial charge is 0.340 e. The Labute approximate surface area is 91.4 Å². The van der Waals surface area contributed by atoms with E-state index in [1.54, 1.807) is 18.2 Å². The third-order valence-corrected chi connectivity index (χ3v) is 1.85. The molecule has 0 radical (unpaired) electrons. The average Bonchev–Trinajstić information content (AvgIpc) is 2.29. The van der Waals surface area contributed by atoms with E-state index in [0.29, 0.717) is 11.5 Å². The number of rotatable bonds is 2. The molecule has 0 saturated carbocycles. The Morgan fingerprint density at radius 3 is 2.94 bits per heavy atom. The van der Waals surface area contributed by atoms with Crippen molar-refractivity contribution in [2.24, 2.45) is 0 Å². The number of nitriles is 1. The molecule has 0 aliphatic rings. The molecule has 0 amide bonds. The Morgan fingerprint density at radius 1 is 1.31 bits per heavy atom. The van der Waals surface area contributed by atoms with E-state index in [-0.39, 0.29) is 11.6 Å². The number of nitrogens with one attached hydrogen (secondary N) is 1. The molecule has 2 rings (SSSR count). The van der Waals surface area contributed by atoms with Gasteiger partial charge in [-0.05, 0) is 24.3 Å². The van der Waals surface area contributed by atoms with Crippen molar-refractivity contribution in [2.75, 3.05) is 5.32 Å². The van der Waals surface area contributed by atoms with Crippen molar-refractivity contribution in [3.05, 3.63) is 48.2 Å². The van der Waals surface area contributed by atoms with E-state index in [4.69, 9.17) is 5.26 Å². The maximum atomic E-state index is 12.9. The molecule has 5 heteroatoms. The summed E-state index contributed by atoms with van der Waals surface area (Å²) in [6.45, 7) is 0. The summed E-state index contributed by atoms with van der Waals surface area (Å²) >= 11 is 0. The van der Waals surface area contributed by atoms with Gasteiger partial charge in [-0.1, -0.05) is 6.07 Å². The Kier molecular flexibility index (Phi) is 2.74. The van der Waals surface area contributed by atoms with Crippen LogP contribution in [0.4, 0.5) is 15.9 Å². The Morgan fingerprint density at radius 2 is 2.19 bits per heavy atom. The molecule has 0 aliphatic carbocycles. The van der Waals surface area contributed by atoms with Crippen LogP contribution in [0.3, 0.4) is 0 Å². The molecule has 0 fully saturated rings. The lowest BCUT2D eigenvalue weighted by atomic mass is 10.3. The van der Waals surface area contributed by atoms with Crippen LogP contribution in [0, 0.1) is 17.1 Å². The van der Waals surface area contributed by atoms with Crippen LogP contribution >= 0.6 is 0 Å². The highest BCUT2D eigenvalue weighted by Gasteiger charge is 1.99. The van der Waals surface area contributed by atoms with Gasteiger partial charge in [-0.2, -0.15) is 5.26 Å². The summed E-state index contributed by atoms with van der Waals surface area (Å²) in [5.41, 5.74) is 0.572. The number of nitrogens with zero attached hydrogens (tertiary/aromatic N) is 3. The van der Waals surface area contributed by atoms with Crippen molar-refractivity contribution in [2.45, 2.75) is 0 Å². The van der Waals surface area contributed by atoms with E-state index in [9.17, 15) is 4.39 Å². The molecule has 0 unspecified atom stereocenters. The van der Waals surface area contributed by atoms with Gasteiger partial charge in [-0.3, -0.25) is 0 Å². The highest BCUT2D eigenvalue weighted by Crippen LogP contribution is 2.14. The van der Waals surface area contributed by atoms with E-state index in [1.165, 1.54) is 18.3 Å². The predicted octanol–water partition coefficient (Wildman–Crippen LogP) is 2.23. The SMILES string of the molecule is N#Cc1nccc(Nc2cccc(F)c2)n1. The molecule has 0 bridgehead atoms. The molecule has 0 atom stereocenters. The molecule has 16 heavy (non-hydrogen) atoms. The maximum absolute atomic E-state index is 12.9. The third-order valence-electron chi connectivity index (χ3n) is 1.85. The van der Waals surface area contributed by atoms with Crippen LogP contribution in [0.15, 0.2) is 36.5 Å². The summed E-state index contributed by atoms with van der Waals surface area (Å²) in [7, 11) is 0. The molecule has 1 N–H and O–H groups in total. The van der Waals surface area contributed by atoms with Gasteiger partial charge in [0.25, 0.3) is 0 Å². The number of aromatic nitrogens is 2. The number of anilines is 2. The van der Waals surface area contributed by atoms with Crippen LogP contribution in [0.25, 0.3) is 0 Å². The predicted molar refractivity (Wildman–Crippen MR) is 56.4 cm³/mol. The van der Waals surface area contributed by atoms with Crippen molar-refractivity contribution in [1.29, 1.82) is 5.26 Å². The first-order chi connectivity index (χ1) is 7.78. The number of halogens is 1. The molecule has 0 aliphatic heterocycles. The van der Waals surface area contributed by atoms with Gasteiger partial charge in [0, 0.05) is 11.9 Å². The van der Waals surface area contributed by atoms with Gasteiger partial charge in [0.05, 0.1) is 0 Å². The molecule has 1 aromatic carbocycles. The van der Waals surface area contributed by atoms with Gasteiger partial charge in [-0.15, -0.1) is 0 Å². The summed E-state index contributed by atoms with van der Waals surface area (Å²) in [5.74, 6) is 0.193. The van der Waals surface area contributed by atoms with Gasteiger partial charge < -0.3 is 5.32 Å². The molecule has 4 nitrogen and oxygen atoms in total. The van der Waals surface area contributed by atoms with Crippen LogP contribution in [-0.2, 0) is 0 Å². The minimum atomic E-state index is -0.334. The smallest absolute Gasteiger partial charge is 0.234 e. The van der Waals surface area contributed by atoms with E-state index in [0.717, 1.165) is 0 Å². The van der Waals surface area contributed by atoms with Gasteiger partial charge in [0.15, 0.2) is 0 Å².